The summed E-state index contributed by atoms with van der Waals surface area (Å²) in [6.07, 6.45) is 0. The molecule has 0 fully saturated rings. The van der Waals surface area contributed by atoms with E-state index in [1.807, 2.05) is 24.3 Å². The smallest absolute Gasteiger partial charge is 0.215 e. The van der Waals surface area contributed by atoms with Crippen LogP contribution in [0.5, 0.6) is 0 Å². The number of rotatable bonds is 1. The van der Waals surface area contributed by atoms with Crippen molar-refractivity contribution in [1.29, 1.82) is 0 Å². The number of hydrogen-bond donors (Lipinski definition) is 1. The van der Waals surface area contributed by atoms with Crippen LogP contribution in [0.2, 0.25) is 0 Å². The molecule has 0 saturated carbocycles. The van der Waals surface area contributed by atoms with Crippen molar-refractivity contribution in [2.45, 2.75) is 0 Å². The second kappa shape index (κ2) is 2.73. The number of aromatic nitrogens is 1. The summed E-state index contributed by atoms with van der Waals surface area (Å²) in [5.41, 5.74) is 1.08. The molecule has 1 aromatic carbocycles. The first-order valence-corrected chi connectivity index (χ1v) is 4.89. The van der Waals surface area contributed by atoms with Gasteiger partial charge in [-0.05, 0) is 20.3 Å². The number of hydrogen-bond acceptors (Lipinski definition) is 1. The fourth-order valence-electron chi connectivity index (χ4n) is 0.983. The normalized spacial score (nSPS) is 11.6. The third kappa shape index (κ3) is 1.20. The molecule has 1 N–H and O–H groups in total. The van der Waals surface area contributed by atoms with E-state index in [1.54, 1.807) is 0 Å². The highest BCUT2D eigenvalue weighted by Gasteiger charge is 1.98. The molecule has 0 radical (unpaired) electrons. The quantitative estimate of drug-likeness (QED) is 0.674. The molecule has 0 aliphatic rings. The van der Waals surface area contributed by atoms with E-state index in [1.165, 1.54) is 5.12 Å². The maximum absolute atomic E-state index is 10.5. The molecule has 0 amide bonds. The second-order valence-electron chi connectivity index (χ2n) is 2.17. The molecule has 0 aliphatic heterocycles. The van der Waals surface area contributed by atoms with Gasteiger partial charge in [0.25, 0.3) is 0 Å². The molecule has 0 saturated heterocycles. The summed E-state index contributed by atoms with van der Waals surface area (Å²) < 4.78 is 10.5. The molecule has 2 nitrogen and oxygen atoms in total. The predicted octanol–water partition coefficient (Wildman–Crippen LogP) is 2.67. The summed E-state index contributed by atoms with van der Waals surface area (Å²) in [6, 6.07) is 7.96. The third-order valence-corrected chi connectivity index (χ3v) is 3.25. The van der Waals surface area contributed by atoms with E-state index < -0.39 is 0 Å². The molecule has 54 valence electrons. The fraction of sp³-hybridized carbons (Fsp3) is 0. The second-order valence-corrected chi connectivity index (χ2v) is 4.30. The highest BCUT2D eigenvalue weighted by molar-refractivity contribution is 7.57. The predicted molar refractivity (Wildman–Crippen MR) is 48.1 cm³/mol. The number of aromatic amines is 1. The van der Waals surface area contributed by atoms with Crippen LogP contribution in [0.4, 0.5) is 0 Å². The molecular weight excluding hydrogens is 176 g/mol. The van der Waals surface area contributed by atoms with E-state index in [4.69, 9.17) is 0 Å². The zero-order chi connectivity index (χ0) is 7.68. The molecule has 0 aliphatic carbocycles. The van der Waals surface area contributed by atoms with Crippen LogP contribution in [-0.4, -0.2) is 4.98 Å². The van der Waals surface area contributed by atoms with Crippen LogP contribution in [0.3, 0.4) is 0 Å². The van der Waals surface area contributed by atoms with Gasteiger partial charge in [0, 0.05) is 5.12 Å². The van der Waals surface area contributed by atoms with E-state index in [0.29, 0.717) is 0 Å². The van der Waals surface area contributed by atoms with Crippen molar-refractivity contribution in [1.82, 2.24) is 4.98 Å². The number of nitrogens with one attached hydrogen (secondary N) is 1. The SMILES string of the molecule is O=Pc1[nH]c2ccccc2p1. The van der Waals surface area contributed by atoms with Gasteiger partial charge in [-0.3, -0.25) is 4.57 Å². The van der Waals surface area contributed by atoms with Gasteiger partial charge in [-0.2, -0.15) is 0 Å². The number of fused-ring (bicyclic) bond motifs is 1. The van der Waals surface area contributed by atoms with Crippen molar-refractivity contribution < 1.29 is 4.57 Å². The maximum Gasteiger partial charge on any atom is 0.215 e. The van der Waals surface area contributed by atoms with Gasteiger partial charge in [-0.1, -0.05) is 12.1 Å². The molecule has 4 heteroatoms. The molecule has 2 rings (SSSR count). The zero-order valence-electron chi connectivity index (χ0n) is 5.61. The van der Waals surface area contributed by atoms with Crippen molar-refractivity contribution >= 4 is 32.5 Å². The minimum atomic E-state index is 0.0916. The van der Waals surface area contributed by atoms with Crippen LogP contribution in [0.15, 0.2) is 24.3 Å². The summed E-state index contributed by atoms with van der Waals surface area (Å²) in [4.78, 5) is 3.06. The first-order chi connectivity index (χ1) is 5.40. The van der Waals surface area contributed by atoms with Gasteiger partial charge < -0.3 is 4.98 Å². The minimum absolute atomic E-state index is 0.0916. The van der Waals surface area contributed by atoms with Gasteiger partial charge in [-0.25, -0.2) is 0 Å². The molecule has 2 aromatic rings. The van der Waals surface area contributed by atoms with Crippen LogP contribution in [0.1, 0.15) is 0 Å². The summed E-state index contributed by atoms with van der Waals surface area (Å²) in [5.74, 6) is 0. The molecule has 0 bridgehead atoms. The summed E-state index contributed by atoms with van der Waals surface area (Å²) in [7, 11) is 1.13. The highest BCUT2D eigenvalue weighted by Crippen LogP contribution is 2.22. The Balaban J connectivity index is 2.78. The molecule has 1 heterocycles. The monoisotopic (exact) mass is 181 g/mol. The minimum Gasteiger partial charge on any atom is -0.345 e. The molecular formula is C7H5NOP2. The molecule has 0 atom stereocenters. The summed E-state index contributed by atoms with van der Waals surface area (Å²) in [5, 5.41) is 2.03. The Bertz CT molecular complexity index is 363. The lowest BCUT2D eigenvalue weighted by atomic mass is 10.3. The lowest BCUT2D eigenvalue weighted by molar-refractivity contribution is 0.603. The van der Waals surface area contributed by atoms with E-state index in [2.05, 4.69) is 4.98 Å². The van der Waals surface area contributed by atoms with Crippen LogP contribution in [0.25, 0.3) is 10.6 Å². The van der Waals surface area contributed by atoms with Gasteiger partial charge >= 0.3 is 0 Å². The van der Waals surface area contributed by atoms with Crippen molar-refractivity contribution in [3.8, 4) is 0 Å². The van der Waals surface area contributed by atoms with Crippen molar-refractivity contribution in [2.75, 3.05) is 0 Å². The largest absolute Gasteiger partial charge is 0.345 e. The molecule has 0 spiro atoms. The van der Waals surface area contributed by atoms with Crippen LogP contribution in [-0.2, 0) is 4.57 Å². The zero-order valence-corrected chi connectivity index (χ0v) is 7.40. The Morgan fingerprint density at radius 3 is 2.91 bits per heavy atom. The highest BCUT2D eigenvalue weighted by atomic mass is 31.1. The number of benzene rings is 1. The molecule has 1 aromatic heterocycles. The summed E-state index contributed by atoms with van der Waals surface area (Å²) >= 11 is 0. The lowest BCUT2D eigenvalue weighted by Gasteiger charge is -1.82. The fourth-order valence-corrected chi connectivity index (χ4v) is 2.45. The van der Waals surface area contributed by atoms with Gasteiger partial charge in [0.05, 0.1) is 5.52 Å². The standard InChI is InChI=1S/C7H5NOP2/c9-11-7-8-5-3-1-2-4-6(5)10-7/h1-4,8H. The van der Waals surface area contributed by atoms with Crippen LogP contribution >= 0.6 is 16.7 Å². The Hall–Kier alpha value is -0.710. The first kappa shape index (κ1) is 6.97. The van der Waals surface area contributed by atoms with Gasteiger partial charge in [0.1, 0.15) is 5.17 Å². The number of para-hydroxylation sites is 1. The Kier molecular flexibility index (Phi) is 1.73. The Morgan fingerprint density at radius 1 is 1.36 bits per heavy atom. The third-order valence-electron chi connectivity index (χ3n) is 1.46. The average Bonchev–Trinajstić information content (AvgIpc) is 2.46. The average molecular weight is 181 g/mol. The van der Waals surface area contributed by atoms with Crippen molar-refractivity contribution in [3.05, 3.63) is 24.3 Å². The number of H-pyrrole nitrogens is 1. The van der Waals surface area contributed by atoms with Crippen LogP contribution < -0.4 is 5.17 Å². The Labute approximate surface area is 66.9 Å². The van der Waals surface area contributed by atoms with Crippen molar-refractivity contribution in [3.63, 3.8) is 0 Å². The van der Waals surface area contributed by atoms with E-state index in [-0.39, 0.29) is 8.46 Å². The lowest BCUT2D eigenvalue weighted by Crippen LogP contribution is -1.82. The van der Waals surface area contributed by atoms with E-state index >= 15 is 0 Å². The molecule has 0 unspecified atom stereocenters. The van der Waals surface area contributed by atoms with Gasteiger partial charge in [0.15, 0.2) is 0 Å². The summed E-state index contributed by atoms with van der Waals surface area (Å²) in [6.45, 7) is 0. The Morgan fingerprint density at radius 2 is 2.18 bits per heavy atom. The van der Waals surface area contributed by atoms with Gasteiger partial charge in [-0.15, -0.1) is 0 Å². The van der Waals surface area contributed by atoms with E-state index in [9.17, 15) is 4.57 Å². The van der Waals surface area contributed by atoms with Crippen LogP contribution in [0, 0.1) is 0 Å². The van der Waals surface area contributed by atoms with Gasteiger partial charge in [0.2, 0.25) is 8.46 Å². The molecule has 11 heavy (non-hydrogen) atoms. The van der Waals surface area contributed by atoms with Crippen molar-refractivity contribution in [2.24, 2.45) is 0 Å². The topological polar surface area (TPSA) is 32.9 Å². The first-order valence-electron chi connectivity index (χ1n) is 3.18. The van der Waals surface area contributed by atoms with E-state index in [0.717, 1.165) is 18.9 Å². The maximum atomic E-state index is 10.5.